The molecule has 9 heteroatoms. The summed E-state index contributed by atoms with van der Waals surface area (Å²) in [5.74, 6) is 0.909. The van der Waals surface area contributed by atoms with Crippen molar-refractivity contribution in [1.29, 1.82) is 0 Å². The van der Waals surface area contributed by atoms with E-state index in [9.17, 15) is 4.79 Å². The number of hydrogen-bond acceptors (Lipinski definition) is 7. The number of hydrogen-bond donors (Lipinski definition) is 1. The molecule has 1 aliphatic heterocycles. The Labute approximate surface area is 190 Å². The van der Waals surface area contributed by atoms with Gasteiger partial charge in [-0.15, -0.1) is 0 Å². The van der Waals surface area contributed by atoms with Crippen molar-refractivity contribution in [3.05, 3.63) is 48.4 Å². The molecule has 33 heavy (non-hydrogen) atoms. The van der Waals surface area contributed by atoms with Gasteiger partial charge in [0.15, 0.2) is 17.2 Å². The first-order valence-electron chi connectivity index (χ1n) is 10.7. The van der Waals surface area contributed by atoms with Crippen molar-refractivity contribution in [2.75, 3.05) is 18.1 Å². The van der Waals surface area contributed by atoms with E-state index in [0.29, 0.717) is 41.8 Å². The average Bonchev–Trinajstić information content (AvgIpc) is 3.24. The van der Waals surface area contributed by atoms with Gasteiger partial charge in [-0.25, -0.2) is 14.8 Å². The van der Waals surface area contributed by atoms with E-state index in [2.05, 4.69) is 20.2 Å². The molecule has 0 spiro atoms. The maximum Gasteiger partial charge on any atom is 0.416 e. The quantitative estimate of drug-likeness (QED) is 0.484. The standard InChI is InChI=1S/C24H24N6O3/c1-14-6-5-7-18(27-14)19-11-17(15-10-16-13-26-29-21(16)25-12-15)20-22(28-19)30(8-9-32-20)23(31)33-24(2,3)4/h5-7,10-13H,8-9H2,1-4H3,(H,25,26,29). The van der Waals surface area contributed by atoms with Gasteiger partial charge in [0.25, 0.3) is 0 Å². The van der Waals surface area contributed by atoms with Gasteiger partial charge in [0, 0.05) is 28.4 Å². The average molecular weight is 444 g/mol. The van der Waals surface area contributed by atoms with E-state index < -0.39 is 11.7 Å². The number of aromatic amines is 1. The number of fused-ring (bicyclic) bond motifs is 2. The Hall–Kier alpha value is -4.01. The minimum absolute atomic E-state index is 0.324. The SMILES string of the molecule is Cc1cccc(-c2cc(-c3cnc4[nH]ncc4c3)c3c(n2)N(C(=O)OC(C)(C)C)CCO3)n1. The molecule has 9 nitrogen and oxygen atoms in total. The molecule has 0 bridgehead atoms. The molecule has 5 heterocycles. The van der Waals surface area contributed by atoms with Crippen molar-refractivity contribution in [1.82, 2.24) is 25.1 Å². The molecule has 4 aromatic rings. The van der Waals surface area contributed by atoms with Crippen molar-refractivity contribution in [3.63, 3.8) is 0 Å². The van der Waals surface area contributed by atoms with E-state index in [4.69, 9.17) is 14.5 Å². The predicted octanol–water partition coefficient (Wildman–Crippen LogP) is 4.52. The number of anilines is 1. The molecular formula is C24H24N6O3. The van der Waals surface area contributed by atoms with E-state index >= 15 is 0 Å². The van der Waals surface area contributed by atoms with Crippen LogP contribution in [0.1, 0.15) is 26.5 Å². The highest BCUT2D eigenvalue weighted by Crippen LogP contribution is 2.42. The summed E-state index contributed by atoms with van der Waals surface area (Å²) in [7, 11) is 0. The van der Waals surface area contributed by atoms with Gasteiger partial charge < -0.3 is 9.47 Å². The fraction of sp³-hybridized carbons (Fsp3) is 0.292. The van der Waals surface area contributed by atoms with Crippen molar-refractivity contribution in [2.24, 2.45) is 0 Å². The summed E-state index contributed by atoms with van der Waals surface area (Å²) in [4.78, 5) is 28.5. The highest BCUT2D eigenvalue weighted by Gasteiger charge is 2.32. The minimum Gasteiger partial charge on any atom is -0.487 e. The molecule has 0 aromatic carbocycles. The molecule has 1 aliphatic rings. The number of nitrogens with one attached hydrogen (secondary N) is 1. The zero-order valence-corrected chi connectivity index (χ0v) is 18.9. The van der Waals surface area contributed by atoms with Gasteiger partial charge in [0.05, 0.1) is 24.1 Å². The van der Waals surface area contributed by atoms with Crippen LogP contribution in [0.5, 0.6) is 5.75 Å². The maximum absolute atomic E-state index is 13.0. The van der Waals surface area contributed by atoms with Gasteiger partial charge in [-0.3, -0.25) is 15.0 Å². The molecule has 0 saturated heterocycles. The second-order valence-corrected chi connectivity index (χ2v) is 8.88. The van der Waals surface area contributed by atoms with Gasteiger partial charge >= 0.3 is 6.09 Å². The second-order valence-electron chi connectivity index (χ2n) is 8.88. The predicted molar refractivity (Wildman–Crippen MR) is 124 cm³/mol. The van der Waals surface area contributed by atoms with Gasteiger partial charge in [-0.1, -0.05) is 6.07 Å². The highest BCUT2D eigenvalue weighted by atomic mass is 16.6. The number of H-pyrrole nitrogens is 1. The number of amides is 1. The number of ether oxygens (including phenoxy) is 2. The number of carbonyl (C=O) groups is 1. The van der Waals surface area contributed by atoms with Crippen LogP contribution in [0.25, 0.3) is 33.5 Å². The lowest BCUT2D eigenvalue weighted by molar-refractivity contribution is 0.0566. The number of pyridine rings is 3. The van der Waals surface area contributed by atoms with Crippen LogP contribution in [0.2, 0.25) is 0 Å². The summed E-state index contributed by atoms with van der Waals surface area (Å²) >= 11 is 0. The topological polar surface area (TPSA) is 106 Å². The summed E-state index contributed by atoms with van der Waals surface area (Å²) < 4.78 is 11.7. The van der Waals surface area contributed by atoms with E-state index in [1.165, 1.54) is 4.90 Å². The first-order valence-corrected chi connectivity index (χ1v) is 10.7. The molecule has 0 fully saturated rings. The van der Waals surface area contributed by atoms with Crippen LogP contribution in [-0.2, 0) is 4.74 Å². The molecule has 4 aromatic heterocycles. The monoisotopic (exact) mass is 444 g/mol. The molecule has 1 amide bonds. The van der Waals surface area contributed by atoms with Crippen LogP contribution in [0.3, 0.4) is 0 Å². The molecule has 0 saturated carbocycles. The van der Waals surface area contributed by atoms with Crippen molar-refractivity contribution in [2.45, 2.75) is 33.3 Å². The third kappa shape index (κ3) is 4.09. The van der Waals surface area contributed by atoms with Gasteiger partial charge in [0.1, 0.15) is 12.2 Å². The smallest absolute Gasteiger partial charge is 0.416 e. The van der Waals surface area contributed by atoms with E-state index in [-0.39, 0.29) is 0 Å². The Bertz CT molecular complexity index is 1360. The third-order valence-electron chi connectivity index (χ3n) is 5.14. The van der Waals surface area contributed by atoms with Crippen LogP contribution in [0.15, 0.2) is 42.7 Å². The molecule has 0 radical (unpaired) electrons. The lowest BCUT2D eigenvalue weighted by Crippen LogP contribution is -2.42. The Morgan fingerprint density at radius 3 is 2.79 bits per heavy atom. The summed E-state index contributed by atoms with van der Waals surface area (Å²) in [6, 6.07) is 9.65. The van der Waals surface area contributed by atoms with Gasteiger partial charge in [0.2, 0.25) is 0 Å². The summed E-state index contributed by atoms with van der Waals surface area (Å²) in [5, 5.41) is 7.79. The summed E-state index contributed by atoms with van der Waals surface area (Å²) in [6.45, 7) is 8.09. The third-order valence-corrected chi connectivity index (χ3v) is 5.14. The lowest BCUT2D eigenvalue weighted by atomic mass is 10.0. The number of nitrogens with zero attached hydrogens (tertiary/aromatic N) is 5. The first-order chi connectivity index (χ1) is 15.8. The van der Waals surface area contributed by atoms with Crippen LogP contribution in [-0.4, -0.2) is 50.0 Å². The van der Waals surface area contributed by atoms with Crippen molar-refractivity contribution in [3.8, 4) is 28.3 Å². The Morgan fingerprint density at radius 2 is 2.00 bits per heavy atom. The number of aryl methyl sites for hydroxylation is 1. The van der Waals surface area contributed by atoms with E-state index in [0.717, 1.165) is 22.2 Å². The Balaban J connectivity index is 1.70. The summed E-state index contributed by atoms with van der Waals surface area (Å²) in [6.07, 6.45) is 3.00. The molecule has 5 rings (SSSR count). The van der Waals surface area contributed by atoms with Crippen LogP contribution in [0, 0.1) is 6.92 Å². The van der Waals surface area contributed by atoms with Crippen LogP contribution >= 0.6 is 0 Å². The molecule has 0 atom stereocenters. The second kappa shape index (κ2) is 7.84. The zero-order valence-electron chi connectivity index (χ0n) is 18.9. The van der Waals surface area contributed by atoms with Crippen molar-refractivity contribution < 1.29 is 14.3 Å². The fourth-order valence-electron chi connectivity index (χ4n) is 3.70. The molecular weight excluding hydrogens is 420 g/mol. The zero-order chi connectivity index (χ0) is 23.2. The summed E-state index contributed by atoms with van der Waals surface area (Å²) in [5.41, 5.74) is 3.84. The lowest BCUT2D eigenvalue weighted by Gasteiger charge is -2.32. The van der Waals surface area contributed by atoms with Crippen LogP contribution < -0.4 is 9.64 Å². The largest absolute Gasteiger partial charge is 0.487 e. The van der Waals surface area contributed by atoms with E-state index in [1.807, 2.05) is 58.0 Å². The number of aromatic nitrogens is 5. The molecule has 0 aliphatic carbocycles. The number of rotatable bonds is 2. The fourth-order valence-corrected chi connectivity index (χ4v) is 3.70. The van der Waals surface area contributed by atoms with E-state index in [1.54, 1.807) is 12.4 Å². The van der Waals surface area contributed by atoms with Crippen molar-refractivity contribution >= 4 is 22.9 Å². The Morgan fingerprint density at radius 1 is 1.15 bits per heavy atom. The normalized spacial score (nSPS) is 13.5. The van der Waals surface area contributed by atoms with Gasteiger partial charge in [-0.2, -0.15) is 5.10 Å². The molecule has 0 unspecified atom stereocenters. The molecule has 1 N–H and O–H groups in total. The highest BCUT2D eigenvalue weighted by molar-refractivity contribution is 5.93. The van der Waals surface area contributed by atoms with Crippen LogP contribution in [0.4, 0.5) is 10.6 Å². The first kappa shape index (κ1) is 20.9. The minimum atomic E-state index is -0.635. The maximum atomic E-state index is 13.0. The number of carbonyl (C=O) groups excluding carboxylic acids is 1. The van der Waals surface area contributed by atoms with Gasteiger partial charge in [-0.05, 0) is 52.0 Å². The molecule has 168 valence electrons. The Kier molecular flexibility index (Phi) is 4.96.